The highest BCUT2D eigenvalue weighted by atomic mass is 32.2. The molecule has 0 aliphatic heterocycles. The third-order valence-electron chi connectivity index (χ3n) is 2.57. The molecule has 0 radical (unpaired) electrons. The van der Waals surface area contributed by atoms with Crippen LogP contribution >= 0.6 is 0 Å². The molecule has 1 aromatic rings. The van der Waals surface area contributed by atoms with Crippen LogP contribution in [0.4, 0.5) is 13.2 Å². The first kappa shape index (κ1) is 15.9. The smallest absolute Gasteiger partial charge is 0.329 e. The van der Waals surface area contributed by atoms with E-state index >= 15 is 0 Å². The highest BCUT2D eigenvalue weighted by Gasteiger charge is 2.31. The largest absolute Gasteiger partial charge is 0.416 e. The van der Waals surface area contributed by atoms with Crippen LogP contribution in [0.15, 0.2) is 29.2 Å². The molecule has 0 heterocycles. The Labute approximate surface area is 109 Å². The van der Waals surface area contributed by atoms with Crippen LogP contribution in [0.1, 0.15) is 18.9 Å². The van der Waals surface area contributed by atoms with E-state index in [0.717, 1.165) is 18.2 Å². The lowest BCUT2D eigenvalue weighted by Crippen LogP contribution is -2.39. The Hall–Kier alpha value is -1.12. The monoisotopic (exact) mass is 296 g/mol. The van der Waals surface area contributed by atoms with Gasteiger partial charge in [0.2, 0.25) is 10.0 Å². The van der Waals surface area contributed by atoms with Crippen LogP contribution in [0.5, 0.6) is 0 Å². The molecule has 1 unspecified atom stereocenters. The van der Waals surface area contributed by atoms with E-state index in [0.29, 0.717) is 12.5 Å². The van der Waals surface area contributed by atoms with Gasteiger partial charge >= 0.3 is 6.18 Å². The Morgan fingerprint density at radius 2 is 2.00 bits per heavy atom. The molecule has 108 valence electrons. The molecule has 1 aromatic carbocycles. The standard InChI is InChI=1S/C11H15F3N2O2S/c1-2-9(7-15)16-19(17,18)10-5-3-4-8(6-10)11(12,13)14/h3-6,9,16H,2,7,15H2,1H3. The molecule has 0 saturated carbocycles. The van der Waals surface area contributed by atoms with Gasteiger partial charge in [-0.1, -0.05) is 13.0 Å². The van der Waals surface area contributed by atoms with Gasteiger partial charge in [0, 0.05) is 12.6 Å². The maximum absolute atomic E-state index is 12.5. The molecule has 4 nitrogen and oxygen atoms in total. The molecule has 0 saturated heterocycles. The number of benzene rings is 1. The second kappa shape index (κ2) is 5.89. The van der Waals surface area contributed by atoms with Gasteiger partial charge in [-0.3, -0.25) is 0 Å². The van der Waals surface area contributed by atoms with Crippen molar-refractivity contribution in [1.82, 2.24) is 4.72 Å². The SMILES string of the molecule is CCC(CN)NS(=O)(=O)c1cccc(C(F)(F)F)c1. The van der Waals surface area contributed by atoms with Crippen molar-refractivity contribution in [2.75, 3.05) is 6.54 Å². The summed E-state index contributed by atoms with van der Waals surface area (Å²) in [7, 11) is -4.00. The van der Waals surface area contributed by atoms with Gasteiger partial charge in [-0.15, -0.1) is 0 Å². The average molecular weight is 296 g/mol. The summed E-state index contributed by atoms with van der Waals surface area (Å²) in [5, 5.41) is 0. The Balaban J connectivity index is 3.09. The summed E-state index contributed by atoms with van der Waals surface area (Å²) in [5.74, 6) is 0. The van der Waals surface area contributed by atoms with Crippen LogP contribution in [0.3, 0.4) is 0 Å². The molecular formula is C11H15F3N2O2S. The molecule has 0 aliphatic carbocycles. The second-order valence-corrected chi connectivity index (χ2v) is 5.70. The molecule has 0 aromatic heterocycles. The summed E-state index contributed by atoms with van der Waals surface area (Å²) in [6.07, 6.45) is -4.13. The number of nitrogens with one attached hydrogen (secondary N) is 1. The zero-order valence-corrected chi connectivity index (χ0v) is 11.1. The van der Waals surface area contributed by atoms with Gasteiger partial charge in [0.1, 0.15) is 0 Å². The summed E-state index contributed by atoms with van der Waals surface area (Å²) < 4.78 is 63.6. The van der Waals surface area contributed by atoms with E-state index < -0.39 is 32.7 Å². The average Bonchev–Trinajstić information content (AvgIpc) is 2.35. The minimum atomic E-state index is -4.58. The molecule has 1 rings (SSSR count). The van der Waals surface area contributed by atoms with Crippen LogP contribution in [0.25, 0.3) is 0 Å². The van der Waals surface area contributed by atoms with E-state index in [9.17, 15) is 21.6 Å². The first-order valence-corrected chi connectivity index (χ1v) is 7.08. The molecule has 3 N–H and O–H groups in total. The highest BCUT2D eigenvalue weighted by Crippen LogP contribution is 2.30. The third kappa shape index (κ3) is 4.19. The molecule has 19 heavy (non-hydrogen) atoms. The van der Waals surface area contributed by atoms with Gasteiger partial charge in [0.05, 0.1) is 10.5 Å². The quantitative estimate of drug-likeness (QED) is 0.869. The fraction of sp³-hybridized carbons (Fsp3) is 0.455. The van der Waals surface area contributed by atoms with Crippen molar-refractivity contribution in [1.29, 1.82) is 0 Å². The number of hydrogen-bond acceptors (Lipinski definition) is 3. The fourth-order valence-electron chi connectivity index (χ4n) is 1.43. The van der Waals surface area contributed by atoms with Crippen LogP contribution in [-0.4, -0.2) is 21.0 Å². The molecule has 0 amide bonds. The van der Waals surface area contributed by atoms with Crippen molar-refractivity contribution in [2.45, 2.75) is 30.5 Å². The molecule has 0 aliphatic rings. The van der Waals surface area contributed by atoms with Crippen molar-refractivity contribution in [3.63, 3.8) is 0 Å². The van der Waals surface area contributed by atoms with E-state index in [-0.39, 0.29) is 6.54 Å². The van der Waals surface area contributed by atoms with Crippen molar-refractivity contribution >= 4 is 10.0 Å². The van der Waals surface area contributed by atoms with Crippen LogP contribution in [0, 0.1) is 0 Å². The van der Waals surface area contributed by atoms with Crippen LogP contribution < -0.4 is 10.5 Å². The Morgan fingerprint density at radius 3 is 2.47 bits per heavy atom. The molecule has 0 spiro atoms. The first-order chi connectivity index (χ1) is 8.70. The van der Waals surface area contributed by atoms with Crippen molar-refractivity contribution in [3.05, 3.63) is 29.8 Å². The molecule has 1 atom stereocenters. The number of rotatable bonds is 5. The lowest BCUT2D eigenvalue weighted by Gasteiger charge is -2.15. The summed E-state index contributed by atoms with van der Waals surface area (Å²) >= 11 is 0. The second-order valence-electron chi connectivity index (χ2n) is 3.99. The number of alkyl halides is 3. The maximum atomic E-state index is 12.5. The third-order valence-corrected chi connectivity index (χ3v) is 4.09. The summed E-state index contributed by atoms with van der Waals surface area (Å²) in [6.45, 7) is 1.81. The lowest BCUT2D eigenvalue weighted by atomic mass is 10.2. The number of hydrogen-bond donors (Lipinski definition) is 2. The van der Waals surface area contributed by atoms with Crippen LogP contribution in [0.2, 0.25) is 0 Å². The van der Waals surface area contributed by atoms with Crippen molar-refractivity contribution in [2.24, 2.45) is 5.73 Å². The fourth-order valence-corrected chi connectivity index (χ4v) is 2.80. The predicted octanol–water partition coefficient (Wildman–Crippen LogP) is 1.72. The van der Waals surface area contributed by atoms with E-state index in [2.05, 4.69) is 4.72 Å². The van der Waals surface area contributed by atoms with Gasteiger partial charge in [-0.25, -0.2) is 13.1 Å². The first-order valence-electron chi connectivity index (χ1n) is 5.60. The molecule has 0 fully saturated rings. The summed E-state index contributed by atoms with van der Waals surface area (Å²) in [4.78, 5) is -0.422. The van der Waals surface area contributed by atoms with Crippen molar-refractivity contribution < 1.29 is 21.6 Å². The summed E-state index contributed by atoms with van der Waals surface area (Å²) in [6, 6.07) is 3.09. The van der Waals surface area contributed by atoms with Gasteiger partial charge in [-0.05, 0) is 24.6 Å². The Kier molecular flexibility index (Phi) is 4.94. The van der Waals surface area contributed by atoms with Gasteiger partial charge < -0.3 is 5.73 Å². The zero-order chi connectivity index (χ0) is 14.7. The number of sulfonamides is 1. The van der Waals surface area contributed by atoms with E-state index in [1.807, 2.05) is 0 Å². The van der Waals surface area contributed by atoms with Crippen LogP contribution in [-0.2, 0) is 16.2 Å². The van der Waals surface area contributed by atoms with E-state index in [1.165, 1.54) is 0 Å². The minimum absolute atomic E-state index is 0.0781. The zero-order valence-electron chi connectivity index (χ0n) is 10.2. The molecule has 8 heteroatoms. The number of halogens is 3. The number of nitrogens with two attached hydrogens (primary N) is 1. The summed E-state index contributed by atoms with van der Waals surface area (Å²) in [5.41, 5.74) is 4.36. The Morgan fingerprint density at radius 1 is 1.37 bits per heavy atom. The minimum Gasteiger partial charge on any atom is -0.329 e. The topological polar surface area (TPSA) is 72.2 Å². The highest BCUT2D eigenvalue weighted by molar-refractivity contribution is 7.89. The van der Waals surface area contributed by atoms with Gasteiger partial charge in [-0.2, -0.15) is 13.2 Å². The predicted molar refractivity (Wildman–Crippen MR) is 64.9 cm³/mol. The van der Waals surface area contributed by atoms with E-state index in [1.54, 1.807) is 6.92 Å². The molecular weight excluding hydrogens is 281 g/mol. The molecule has 0 bridgehead atoms. The van der Waals surface area contributed by atoms with Gasteiger partial charge in [0.15, 0.2) is 0 Å². The normalized spacial score (nSPS) is 14.4. The lowest BCUT2D eigenvalue weighted by molar-refractivity contribution is -0.137. The Bertz CT molecular complexity index is 525. The maximum Gasteiger partial charge on any atom is 0.416 e. The van der Waals surface area contributed by atoms with Crippen molar-refractivity contribution in [3.8, 4) is 0 Å². The van der Waals surface area contributed by atoms with E-state index in [4.69, 9.17) is 5.73 Å². The van der Waals surface area contributed by atoms with Gasteiger partial charge in [0.25, 0.3) is 0 Å².